The van der Waals surface area contributed by atoms with Gasteiger partial charge in [-0.1, -0.05) is 115 Å². The normalized spacial score (nSPS) is 16.0. The third-order valence-electron chi connectivity index (χ3n) is 10.1. The fourth-order valence-corrected chi connectivity index (χ4v) is 8.41. The molecule has 0 aromatic heterocycles. The number of fused-ring (bicyclic) bond motifs is 14. The number of benzene rings is 7. The molecule has 0 fully saturated rings. The van der Waals surface area contributed by atoms with E-state index in [4.69, 9.17) is 0 Å². The Morgan fingerprint density at radius 3 is 1.79 bits per heavy atom. The van der Waals surface area contributed by atoms with Crippen LogP contribution >= 0.6 is 0 Å². The zero-order chi connectivity index (χ0) is 28.3. The van der Waals surface area contributed by atoms with Gasteiger partial charge >= 0.3 is 0 Å². The second kappa shape index (κ2) is 7.97. The van der Waals surface area contributed by atoms with Gasteiger partial charge in [-0.05, 0) is 113 Å². The first-order valence-electron chi connectivity index (χ1n) is 14.8. The highest BCUT2D eigenvalue weighted by Crippen LogP contribution is 2.65. The quantitative estimate of drug-likeness (QED) is 0.203. The molecule has 1 atom stereocenters. The van der Waals surface area contributed by atoms with Crippen molar-refractivity contribution in [3.63, 3.8) is 0 Å². The second-order valence-corrected chi connectivity index (χ2v) is 11.9. The van der Waals surface area contributed by atoms with Crippen molar-refractivity contribution in [3.05, 3.63) is 167 Å². The smallest absolute Gasteiger partial charge is 0.0991 e. The molecule has 1 heteroatoms. The van der Waals surface area contributed by atoms with Crippen LogP contribution in [0.2, 0.25) is 0 Å². The fraction of sp³-hybridized carbons (Fsp3) is 0.0238. The van der Waals surface area contributed by atoms with Gasteiger partial charge in [0.25, 0.3) is 0 Å². The highest BCUT2D eigenvalue weighted by atomic mass is 14.5. The first-order valence-corrected chi connectivity index (χ1v) is 14.8. The van der Waals surface area contributed by atoms with Gasteiger partial charge in [-0.3, -0.25) is 0 Å². The molecular weight excluding hydrogens is 518 g/mol. The minimum atomic E-state index is -0.432. The molecule has 3 aliphatic carbocycles. The van der Waals surface area contributed by atoms with Gasteiger partial charge in [0.15, 0.2) is 0 Å². The average molecular weight is 542 g/mol. The summed E-state index contributed by atoms with van der Waals surface area (Å²) in [6, 6.07) is 53.5. The molecule has 0 aliphatic heterocycles. The molecular formula is C42H23N. The first-order chi connectivity index (χ1) is 21.3. The first kappa shape index (κ1) is 22.9. The minimum absolute atomic E-state index is 0.432. The average Bonchev–Trinajstić information content (AvgIpc) is 3.67. The van der Waals surface area contributed by atoms with Crippen molar-refractivity contribution in [2.75, 3.05) is 0 Å². The van der Waals surface area contributed by atoms with Crippen molar-refractivity contribution in [1.82, 2.24) is 0 Å². The predicted octanol–water partition coefficient (Wildman–Crippen LogP) is 10.4. The van der Waals surface area contributed by atoms with Crippen molar-refractivity contribution < 1.29 is 0 Å². The standard InChI is InChI=1S/C42H23N/c43-24-25-16-18-26(19-17-25)27-20-21-31-30-10-3-5-14-36(30)42(38(31)22-27)37-15-6-4-11-33(37)41-34-13-7-12-32-28-8-1-2-9-29(28)35(40(32)34)23-39(41)42/h1-23H. The van der Waals surface area contributed by atoms with Crippen LogP contribution in [-0.4, -0.2) is 0 Å². The molecule has 3 aliphatic rings. The highest BCUT2D eigenvalue weighted by molar-refractivity contribution is 6.21. The van der Waals surface area contributed by atoms with Crippen LogP contribution in [0.15, 0.2) is 140 Å². The Labute approximate surface area is 250 Å². The lowest BCUT2D eigenvalue weighted by molar-refractivity contribution is 0.795. The zero-order valence-corrected chi connectivity index (χ0v) is 23.2. The van der Waals surface area contributed by atoms with E-state index in [0.717, 1.165) is 5.56 Å². The summed E-state index contributed by atoms with van der Waals surface area (Å²) >= 11 is 0. The third-order valence-corrected chi connectivity index (χ3v) is 10.1. The molecule has 196 valence electrons. The molecule has 43 heavy (non-hydrogen) atoms. The van der Waals surface area contributed by atoms with Crippen LogP contribution in [0.3, 0.4) is 0 Å². The number of nitrogens with zero attached hydrogens (tertiary/aromatic N) is 1. The Bertz CT molecular complexity index is 2400. The number of hydrogen-bond acceptors (Lipinski definition) is 1. The van der Waals surface area contributed by atoms with E-state index in [9.17, 15) is 5.26 Å². The number of hydrogen-bond donors (Lipinski definition) is 0. The summed E-state index contributed by atoms with van der Waals surface area (Å²) < 4.78 is 0. The van der Waals surface area contributed by atoms with Crippen LogP contribution in [0.25, 0.3) is 66.4 Å². The Morgan fingerprint density at radius 1 is 0.419 bits per heavy atom. The molecule has 7 aromatic carbocycles. The van der Waals surface area contributed by atoms with Crippen LogP contribution in [-0.2, 0) is 5.41 Å². The molecule has 1 unspecified atom stereocenters. The summed E-state index contributed by atoms with van der Waals surface area (Å²) in [4.78, 5) is 0. The summed E-state index contributed by atoms with van der Waals surface area (Å²) in [7, 11) is 0. The molecule has 7 aromatic rings. The molecule has 0 saturated heterocycles. The van der Waals surface area contributed by atoms with Crippen LogP contribution in [0.5, 0.6) is 0 Å². The van der Waals surface area contributed by atoms with Gasteiger partial charge in [-0.15, -0.1) is 0 Å². The Hall–Kier alpha value is -5.71. The summed E-state index contributed by atoms with van der Waals surface area (Å²) in [5.41, 5.74) is 18.5. The van der Waals surface area contributed by atoms with E-state index in [-0.39, 0.29) is 0 Å². The maximum absolute atomic E-state index is 9.38. The Balaban J connectivity index is 1.37. The molecule has 1 nitrogen and oxygen atoms in total. The number of rotatable bonds is 1. The van der Waals surface area contributed by atoms with E-state index >= 15 is 0 Å². The van der Waals surface area contributed by atoms with Crippen LogP contribution in [0, 0.1) is 11.3 Å². The van der Waals surface area contributed by atoms with E-state index in [1.807, 2.05) is 12.1 Å². The van der Waals surface area contributed by atoms with Gasteiger partial charge in [-0.2, -0.15) is 5.26 Å². The van der Waals surface area contributed by atoms with E-state index in [2.05, 4.69) is 133 Å². The summed E-state index contributed by atoms with van der Waals surface area (Å²) in [5, 5.41) is 12.1. The SMILES string of the molecule is N#Cc1ccc(-c2ccc3c(c2)C2(c4ccccc4-3)c3ccccc3-c3c2cc2c4c(cccc34)-c3ccccc3-2)cc1. The molecule has 0 radical (unpaired) electrons. The van der Waals surface area contributed by atoms with Gasteiger partial charge in [-0.25, -0.2) is 0 Å². The lowest BCUT2D eigenvalue weighted by Gasteiger charge is -2.31. The molecule has 0 amide bonds. The maximum Gasteiger partial charge on any atom is 0.0991 e. The highest BCUT2D eigenvalue weighted by Gasteiger charge is 2.52. The predicted molar refractivity (Wildman–Crippen MR) is 175 cm³/mol. The lowest BCUT2D eigenvalue weighted by Crippen LogP contribution is -2.26. The van der Waals surface area contributed by atoms with Crippen molar-refractivity contribution in [1.29, 1.82) is 5.26 Å². The Kier molecular flexibility index (Phi) is 4.25. The largest absolute Gasteiger partial charge is 0.192 e. The minimum Gasteiger partial charge on any atom is -0.192 e. The monoisotopic (exact) mass is 541 g/mol. The van der Waals surface area contributed by atoms with Gasteiger partial charge in [0, 0.05) is 0 Å². The summed E-state index contributed by atoms with van der Waals surface area (Å²) in [6.45, 7) is 0. The van der Waals surface area contributed by atoms with Gasteiger partial charge in [0.1, 0.15) is 0 Å². The fourth-order valence-electron chi connectivity index (χ4n) is 8.41. The van der Waals surface area contributed by atoms with Crippen molar-refractivity contribution in [3.8, 4) is 61.7 Å². The van der Waals surface area contributed by atoms with E-state index in [1.54, 1.807) is 0 Å². The molecule has 0 bridgehead atoms. The molecule has 0 saturated carbocycles. The second-order valence-electron chi connectivity index (χ2n) is 11.9. The van der Waals surface area contributed by atoms with E-state index in [0.29, 0.717) is 5.56 Å². The maximum atomic E-state index is 9.38. The number of nitriles is 1. The van der Waals surface area contributed by atoms with Crippen LogP contribution in [0.4, 0.5) is 0 Å². The van der Waals surface area contributed by atoms with Gasteiger partial charge < -0.3 is 0 Å². The molecule has 0 heterocycles. The topological polar surface area (TPSA) is 23.8 Å². The van der Waals surface area contributed by atoms with Crippen LogP contribution < -0.4 is 0 Å². The molecule has 1 spiro atoms. The van der Waals surface area contributed by atoms with Gasteiger partial charge in [0.2, 0.25) is 0 Å². The molecule has 10 rings (SSSR count). The van der Waals surface area contributed by atoms with Crippen molar-refractivity contribution in [2.45, 2.75) is 5.41 Å². The van der Waals surface area contributed by atoms with Crippen molar-refractivity contribution in [2.24, 2.45) is 0 Å². The summed E-state index contributed by atoms with van der Waals surface area (Å²) in [5.74, 6) is 0. The third kappa shape index (κ3) is 2.68. The van der Waals surface area contributed by atoms with Gasteiger partial charge in [0.05, 0.1) is 17.0 Å². The van der Waals surface area contributed by atoms with E-state index < -0.39 is 5.41 Å². The zero-order valence-electron chi connectivity index (χ0n) is 23.2. The van der Waals surface area contributed by atoms with E-state index in [1.165, 1.54) is 83.1 Å². The van der Waals surface area contributed by atoms with Crippen LogP contribution in [0.1, 0.15) is 27.8 Å². The Morgan fingerprint density at radius 2 is 1.02 bits per heavy atom. The molecule has 0 N–H and O–H groups in total. The lowest BCUT2D eigenvalue weighted by atomic mass is 9.69. The summed E-state index contributed by atoms with van der Waals surface area (Å²) in [6.07, 6.45) is 0. The van der Waals surface area contributed by atoms with Crippen molar-refractivity contribution >= 4 is 10.8 Å².